The van der Waals surface area contributed by atoms with Crippen LogP contribution in [0.3, 0.4) is 0 Å². The predicted molar refractivity (Wildman–Crippen MR) is 160 cm³/mol. The van der Waals surface area contributed by atoms with Crippen LogP contribution in [-0.2, 0) is 21.3 Å². The highest BCUT2D eigenvalue weighted by atomic mass is 32.2. The Labute approximate surface area is 239 Å². The molecule has 0 bridgehead atoms. The van der Waals surface area contributed by atoms with E-state index in [4.69, 9.17) is 9.72 Å². The predicted octanol–water partition coefficient (Wildman–Crippen LogP) is 5.82. The zero-order valence-corrected chi connectivity index (χ0v) is 25.7. The van der Waals surface area contributed by atoms with E-state index < -0.39 is 21.2 Å². The summed E-state index contributed by atoms with van der Waals surface area (Å²) in [7, 11) is -2.18. The van der Waals surface area contributed by atoms with Gasteiger partial charge in [0.25, 0.3) is 5.91 Å². The number of methoxy groups -OCH3 is 1. The van der Waals surface area contributed by atoms with Crippen LogP contribution in [0.1, 0.15) is 82.8 Å². The van der Waals surface area contributed by atoms with Crippen LogP contribution in [0.2, 0.25) is 0 Å². The molecule has 0 radical (unpaired) electrons. The molecule has 0 unspecified atom stereocenters. The Morgan fingerprint density at radius 1 is 1.07 bits per heavy atom. The number of carbonyl (C=O) groups is 1. The molecule has 2 heterocycles. The molecule has 9 heteroatoms. The normalized spacial score (nSPS) is 15.5. The fourth-order valence-corrected chi connectivity index (χ4v) is 7.01. The maximum Gasteiger partial charge on any atom is 0.253 e. The Hall–Kier alpha value is -2.75. The zero-order chi connectivity index (χ0) is 29.3. The topological polar surface area (TPSA) is 102 Å². The van der Waals surface area contributed by atoms with Crippen molar-refractivity contribution in [2.24, 2.45) is 5.92 Å². The number of benzene rings is 1. The van der Waals surface area contributed by atoms with Crippen molar-refractivity contribution >= 4 is 26.7 Å². The minimum absolute atomic E-state index is 0.142. The molecule has 1 fully saturated rings. The molecule has 0 spiro atoms. The number of rotatable bonds is 9. The van der Waals surface area contributed by atoms with Crippen LogP contribution in [0.15, 0.2) is 41.4 Å². The van der Waals surface area contributed by atoms with Gasteiger partial charge in [-0.2, -0.15) is 0 Å². The monoisotopic (exact) mass is 568 g/mol. The van der Waals surface area contributed by atoms with E-state index in [2.05, 4.69) is 14.6 Å². The van der Waals surface area contributed by atoms with Gasteiger partial charge in [0.2, 0.25) is 10.0 Å². The summed E-state index contributed by atoms with van der Waals surface area (Å²) < 4.78 is 37.1. The van der Waals surface area contributed by atoms with Gasteiger partial charge in [0.05, 0.1) is 22.6 Å². The second-order valence-corrected chi connectivity index (χ2v) is 14.3. The first-order chi connectivity index (χ1) is 18.7. The van der Waals surface area contributed by atoms with Crippen LogP contribution in [0.25, 0.3) is 22.2 Å². The number of nitrogens with one attached hydrogen (secondary N) is 2. The summed E-state index contributed by atoms with van der Waals surface area (Å²) in [5.74, 6) is 0.355. The third-order valence-electron chi connectivity index (χ3n) is 7.74. The van der Waals surface area contributed by atoms with E-state index in [9.17, 15) is 13.2 Å². The van der Waals surface area contributed by atoms with Gasteiger partial charge in [-0.1, -0.05) is 43.5 Å². The van der Waals surface area contributed by atoms with E-state index in [-0.39, 0.29) is 10.8 Å². The molecule has 1 aliphatic rings. The van der Waals surface area contributed by atoms with Crippen molar-refractivity contribution in [3.05, 3.63) is 47.8 Å². The van der Waals surface area contributed by atoms with E-state index in [1.807, 2.05) is 71.9 Å². The van der Waals surface area contributed by atoms with Gasteiger partial charge in [-0.05, 0) is 66.4 Å². The van der Waals surface area contributed by atoms with Crippen LogP contribution >= 0.6 is 0 Å². The molecule has 2 N–H and O–H groups in total. The number of ether oxygens (including phenoxy) is 1. The van der Waals surface area contributed by atoms with E-state index in [1.54, 1.807) is 7.11 Å². The number of carbonyl (C=O) groups excluding carboxylic acids is 1. The Morgan fingerprint density at radius 2 is 1.73 bits per heavy atom. The third-order valence-corrected chi connectivity index (χ3v) is 9.52. The van der Waals surface area contributed by atoms with Gasteiger partial charge in [-0.25, -0.2) is 13.1 Å². The number of hydrogen-bond donors (Lipinski definition) is 2. The lowest BCUT2D eigenvalue weighted by atomic mass is 9.89. The van der Waals surface area contributed by atoms with Crippen molar-refractivity contribution in [1.82, 2.24) is 19.6 Å². The van der Waals surface area contributed by atoms with E-state index in [0.29, 0.717) is 29.1 Å². The molecule has 8 nitrogen and oxygen atoms in total. The van der Waals surface area contributed by atoms with Gasteiger partial charge in [-0.15, -0.1) is 0 Å². The number of fused-ring (bicyclic) bond motifs is 1. The number of amides is 1. The number of hydrogen-bond acceptors (Lipinski definition) is 5. The van der Waals surface area contributed by atoms with Gasteiger partial charge < -0.3 is 14.6 Å². The third kappa shape index (κ3) is 6.75. The summed E-state index contributed by atoms with van der Waals surface area (Å²) in [6.07, 6.45) is 7.46. The van der Waals surface area contributed by atoms with E-state index in [0.717, 1.165) is 36.2 Å². The van der Waals surface area contributed by atoms with E-state index >= 15 is 0 Å². The first kappa shape index (κ1) is 30.2. The van der Waals surface area contributed by atoms with Gasteiger partial charge in [-0.3, -0.25) is 9.78 Å². The largest absolute Gasteiger partial charge is 0.377 e. The van der Waals surface area contributed by atoms with Crippen molar-refractivity contribution < 1.29 is 17.9 Å². The maximum absolute atomic E-state index is 13.4. The zero-order valence-electron chi connectivity index (χ0n) is 24.9. The first-order valence-corrected chi connectivity index (χ1v) is 15.7. The van der Waals surface area contributed by atoms with Crippen molar-refractivity contribution in [3.63, 3.8) is 0 Å². The molecule has 2 aromatic heterocycles. The van der Waals surface area contributed by atoms with Gasteiger partial charge >= 0.3 is 0 Å². The summed E-state index contributed by atoms with van der Waals surface area (Å²) in [6, 6.07) is 9.36. The standard InChI is InChI=1S/C31H44N4O4S/c1-21-25(29(36)33-20-31(5,6)39-7)17-26(35(21)19-22-13-9-8-10-14-22)28-24-16-12-11-15-23(24)27(18-32-28)40(37,38)34-30(2,3)4/h11-12,15-18,22,34H,8-10,13-14,19-20H2,1-7H3,(H,33,36). The summed E-state index contributed by atoms with van der Waals surface area (Å²) in [6.45, 7) is 12.5. The van der Waals surface area contributed by atoms with Gasteiger partial charge in [0, 0.05) is 48.4 Å². The Morgan fingerprint density at radius 3 is 2.35 bits per heavy atom. The van der Waals surface area contributed by atoms with Crippen LogP contribution in [0, 0.1) is 12.8 Å². The average Bonchev–Trinajstić information content (AvgIpc) is 3.21. The van der Waals surface area contributed by atoms with Crippen LogP contribution in [-0.4, -0.2) is 48.7 Å². The molecule has 1 amide bonds. The lowest BCUT2D eigenvalue weighted by Crippen LogP contribution is -2.40. The Bertz CT molecular complexity index is 1480. The average molecular weight is 569 g/mol. The number of sulfonamides is 1. The summed E-state index contributed by atoms with van der Waals surface area (Å²) >= 11 is 0. The lowest BCUT2D eigenvalue weighted by molar-refractivity contribution is 0.0228. The number of aromatic nitrogens is 2. The van der Waals surface area contributed by atoms with Gasteiger partial charge in [0.1, 0.15) is 4.90 Å². The van der Waals surface area contributed by atoms with Gasteiger partial charge in [0.15, 0.2) is 0 Å². The minimum atomic E-state index is -3.81. The fraction of sp³-hybridized carbons (Fsp3) is 0.548. The second kappa shape index (κ2) is 11.6. The quantitative estimate of drug-likeness (QED) is 0.339. The Kier molecular flexibility index (Phi) is 8.78. The minimum Gasteiger partial charge on any atom is -0.377 e. The van der Waals surface area contributed by atoms with E-state index in [1.165, 1.54) is 25.5 Å². The number of pyridine rings is 1. The molecular formula is C31H44N4O4S. The van der Waals surface area contributed by atoms with Crippen LogP contribution in [0.5, 0.6) is 0 Å². The molecule has 0 aliphatic heterocycles. The van der Waals surface area contributed by atoms with Crippen LogP contribution < -0.4 is 10.0 Å². The Balaban J connectivity index is 1.84. The number of nitrogens with zero attached hydrogens (tertiary/aromatic N) is 2. The highest BCUT2D eigenvalue weighted by molar-refractivity contribution is 7.89. The summed E-state index contributed by atoms with van der Waals surface area (Å²) in [5, 5.41) is 4.36. The van der Waals surface area contributed by atoms with Crippen molar-refractivity contribution in [2.75, 3.05) is 13.7 Å². The molecule has 0 saturated heterocycles. The fourth-order valence-electron chi connectivity index (χ4n) is 5.44. The molecule has 3 aromatic rings. The molecule has 218 valence electrons. The molecule has 1 aromatic carbocycles. The van der Waals surface area contributed by atoms with Crippen molar-refractivity contribution in [2.45, 2.75) is 96.2 Å². The summed E-state index contributed by atoms with van der Waals surface area (Å²) in [4.78, 5) is 18.3. The van der Waals surface area contributed by atoms with Crippen molar-refractivity contribution in [3.8, 4) is 11.4 Å². The van der Waals surface area contributed by atoms with Crippen LogP contribution in [0.4, 0.5) is 0 Å². The lowest BCUT2D eigenvalue weighted by Gasteiger charge is -2.25. The highest BCUT2D eigenvalue weighted by Crippen LogP contribution is 2.35. The first-order valence-electron chi connectivity index (χ1n) is 14.2. The smallest absolute Gasteiger partial charge is 0.253 e. The maximum atomic E-state index is 13.4. The molecular weight excluding hydrogens is 524 g/mol. The molecule has 0 atom stereocenters. The highest BCUT2D eigenvalue weighted by Gasteiger charge is 2.28. The molecule has 1 aliphatic carbocycles. The molecule has 1 saturated carbocycles. The molecule has 4 rings (SSSR count). The SMILES string of the molecule is COC(C)(C)CNC(=O)c1cc(-c2ncc(S(=O)(=O)NC(C)(C)C)c3ccccc23)n(CC2CCCCC2)c1C. The second-order valence-electron chi connectivity index (χ2n) is 12.7. The molecule has 40 heavy (non-hydrogen) atoms. The van der Waals surface area contributed by atoms with Crippen molar-refractivity contribution in [1.29, 1.82) is 0 Å². The summed E-state index contributed by atoms with van der Waals surface area (Å²) in [5.41, 5.74) is 1.84.